The van der Waals surface area contributed by atoms with Crippen LogP contribution >= 0.6 is 15.9 Å². The lowest BCUT2D eigenvalue weighted by atomic mass is 10.0. The van der Waals surface area contributed by atoms with Gasteiger partial charge in [-0.3, -0.25) is 0 Å². The number of halogens is 1. The van der Waals surface area contributed by atoms with Crippen LogP contribution in [0.15, 0.2) is 51.6 Å². The Kier molecular flexibility index (Phi) is 5.19. The average molecular weight is 324 g/mol. The number of hydrogen-bond acceptors (Lipinski definition) is 3. The van der Waals surface area contributed by atoms with Crippen LogP contribution in [0, 0.1) is 0 Å². The van der Waals surface area contributed by atoms with Crippen LogP contribution in [0.25, 0.3) is 0 Å². The van der Waals surface area contributed by atoms with E-state index in [-0.39, 0.29) is 18.7 Å². The van der Waals surface area contributed by atoms with E-state index in [1.807, 2.05) is 24.3 Å². The minimum absolute atomic E-state index is 0.00431. The summed E-state index contributed by atoms with van der Waals surface area (Å²) in [7, 11) is 0. The topological polar surface area (TPSA) is 45.4 Å². The molecule has 2 atom stereocenters. The number of hydrogen-bond donors (Lipinski definition) is 2. The Balaban J connectivity index is 2.22. The Morgan fingerprint density at radius 3 is 2.58 bits per heavy atom. The zero-order valence-corrected chi connectivity index (χ0v) is 12.4. The second-order valence-corrected chi connectivity index (χ2v) is 5.50. The average Bonchev–Trinajstić information content (AvgIpc) is 2.91. The van der Waals surface area contributed by atoms with Crippen LogP contribution in [-0.2, 0) is 0 Å². The summed E-state index contributed by atoms with van der Waals surface area (Å²) in [6.45, 7) is 2.24. The maximum absolute atomic E-state index is 9.02. The lowest BCUT2D eigenvalue weighted by molar-refractivity contribution is 0.263. The highest BCUT2D eigenvalue weighted by Gasteiger charge is 2.18. The second kappa shape index (κ2) is 6.89. The molecule has 0 aliphatic heterocycles. The van der Waals surface area contributed by atoms with Gasteiger partial charge in [0.2, 0.25) is 0 Å². The minimum atomic E-state index is 0.00431. The molecule has 3 nitrogen and oxygen atoms in total. The molecular formula is C15H18BrNO2. The van der Waals surface area contributed by atoms with Crippen molar-refractivity contribution in [2.24, 2.45) is 0 Å². The Bertz CT molecular complexity index is 481. The summed E-state index contributed by atoms with van der Waals surface area (Å²) in [4.78, 5) is 0. The summed E-state index contributed by atoms with van der Waals surface area (Å²) >= 11 is 3.44. The number of rotatable bonds is 6. The lowest BCUT2D eigenvalue weighted by Crippen LogP contribution is -2.31. The molecule has 0 spiro atoms. The summed E-state index contributed by atoms with van der Waals surface area (Å²) < 4.78 is 6.58. The van der Waals surface area contributed by atoms with Crippen LogP contribution in [0.2, 0.25) is 0 Å². The highest BCUT2D eigenvalue weighted by Crippen LogP contribution is 2.24. The molecule has 0 fully saturated rings. The Morgan fingerprint density at radius 2 is 2.00 bits per heavy atom. The van der Waals surface area contributed by atoms with Gasteiger partial charge in [-0.15, -0.1) is 0 Å². The molecule has 0 radical (unpaired) electrons. The molecule has 1 aromatic heterocycles. The van der Waals surface area contributed by atoms with E-state index >= 15 is 0 Å². The number of aliphatic hydroxyl groups excluding tert-OH is 1. The van der Waals surface area contributed by atoms with Crippen LogP contribution in [-0.4, -0.2) is 17.8 Å². The first-order valence-corrected chi connectivity index (χ1v) is 7.16. The van der Waals surface area contributed by atoms with Gasteiger partial charge in [0.15, 0.2) is 0 Å². The van der Waals surface area contributed by atoms with Gasteiger partial charge in [-0.05, 0) is 43.2 Å². The highest BCUT2D eigenvalue weighted by molar-refractivity contribution is 9.10. The fourth-order valence-electron chi connectivity index (χ4n) is 2.01. The van der Waals surface area contributed by atoms with Crippen molar-refractivity contribution >= 4 is 15.9 Å². The first kappa shape index (κ1) is 14.3. The van der Waals surface area contributed by atoms with Gasteiger partial charge in [0.05, 0.1) is 12.3 Å². The molecule has 0 aliphatic rings. The van der Waals surface area contributed by atoms with E-state index in [1.54, 1.807) is 6.26 Å². The molecule has 0 saturated heterocycles. The van der Waals surface area contributed by atoms with Crippen LogP contribution in [0.3, 0.4) is 0 Å². The number of furan rings is 1. The third-order valence-corrected chi connectivity index (χ3v) is 3.57. The molecule has 0 bridgehead atoms. The molecule has 1 aromatic carbocycles. The molecule has 0 aliphatic carbocycles. The third kappa shape index (κ3) is 3.93. The molecule has 4 heteroatoms. The van der Waals surface area contributed by atoms with Crippen molar-refractivity contribution in [2.75, 3.05) is 6.61 Å². The van der Waals surface area contributed by atoms with Gasteiger partial charge < -0.3 is 14.8 Å². The molecule has 19 heavy (non-hydrogen) atoms. The second-order valence-electron chi connectivity index (χ2n) is 4.58. The van der Waals surface area contributed by atoms with Crippen LogP contribution in [0.4, 0.5) is 0 Å². The zero-order valence-electron chi connectivity index (χ0n) is 10.8. The maximum Gasteiger partial charge on any atom is 0.125 e. The van der Waals surface area contributed by atoms with Crippen molar-refractivity contribution < 1.29 is 9.52 Å². The molecule has 1 heterocycles. The number of nitrogens with one attached hydrogen (secondary N) is 1. The van der Waals surface area contributed by atoms with E-state index in [0.29, 0.717) is 6.42 Å². The Morgan fingerprint density at radius 1 is 1.26 bits per heavy atom. The van der Waals surface area contributed by atoms with Crippen LogP contribution < -0.4 is 5.32 Å². The monoisotopic (exact) mass is 323 g/mol. The summed E-state index contributed by atoms with van der Waals surface area (Å²) in [6.07, 6.45) is 2.40. The van der Waals surface area contributed by atoms with E-state index in [4.69, 9.17) is 9.52 Å². The van der Waals surface area contributed by atoms with Gasteiger partial charge >= 0.3 is 0 Å². The van der Waals surface area contributed by atoms with E-state index in [0.717, 1.165) is 15.8 Å². The van der Waals surface area contributed by atoms with Gasteiger partial charge in [-0.1, -0.05) is 28.1 Å². The van der Waals surface area contributed by atoms with Crippen molar-refractivity contribution in [3.63, 3.8) is 0 Å². The van der Waals surface area contributed by atoms with E-state index in [9.17, 15) is 0 Å². The number of benzene rings is 1. The van der Waals surface area contributed by atoms with Crippen molar-refractivity contribution in [2.45, 2.75) is 25.4 Å². The van der Waals surface area contributed by atoms with Crippen LogP contribution in [0.1, 0.15) is 30.7 Å². The summed E-state index contributed by atoms with van der Waals surface area (Å²) in [5.41, 5.74) is 1.14. The van der Waals surface area contributed by atoms with Crippen molar-refractivity contribution in [3.05, 3.63) is 58.5 Å². The first-order valence-electron chi connectivity index (χ1n) is 6.36. The maximum atomic E-state index is 9.02. The van der Waals surface area contributed by atoms with Gasteiger partial charge in [0.25, 0.3) is 0 Å². The van der Waals surface area contributed by atoms with Gasteiger partial charge in [0.1, 0.15) is 5.76 Å². The van der Waals surface area contributed by atoms with Crippen molar-refractivity contribution in [1.82, 2.24) is 5.32 Å². The first-order chi connectivity index (χ1) is 9.20. The fourth-order valence-corrected chi connectivity index (χ4v) is 2.28. The quantitative estimate of drug-likeness (QED) is 0.855. The molecule has 0 amide bonds. The highest BCUT2D eigenvalue weighted by atomic mass is 79.9. The molecule has 2 aromatic rings. The van der Waals surface area contributed by atoms with E-state index < -0.39 is 0 Å². The predicted molar refractivity (Wildman–Crippen MR) is 79.0 cm³/mol. The summed E-state index contributed by atoms with van der Waals surface area (Å²) in [5.74, 6) is 0.882. The lowest BCUT2D eigenvalue weighted by Gasteiger charge is -2.22. The summed E-state index contributed by atoms with van der Waals surface area (Å²) in [6, 6.07) is 12.2. The van der Waals surface area contributed by atoms with Crippen molar-refractivity contribution in [3.8, 4) is 0 Å². The standard InChI is InChI=1S/C15H18BrNO2/c1-11(8-9-18)17-15(14-3-2-10-19-14)12-4-6-13(16)7-5-12/h2-7,10-11,15,17-18H,8-9H2,1H3/t11-,15+/m1/s1. The van der Waals surface area contributed by atoms with Crippen LogP contribution in [0.5, 0.6) is 0 Å². The normalized spacial score (nSPS) is 14.3. The summed E-state index contributed by atoms with van der Waals surface area (Å²) in [5, 5.41) is 12.5. The van der Waals surface area contributed by atoms with E-state index in [2.05, 4.69) is 40.3 Å². The van der Waals surface area contributed by atoms with E-state index in [1.165, 1.54) is 0 Å². The predicted octanol–water partition coefficient (Wildman–Crippen LogP) is 3.49. The molecular weight excluding hydrogens is 306 g/mol. The molecule has 2 N–H and O–H groups in total. The SMILES string of the molecule is C[C@H](CCO)N[C@@H](c1ccc(Br)cc1)c1ccco1. The smallest absolute Gasteiger partial charge is 0.125 e. The van der Waals surface area contributed by atoms with Gasteiger partial charge in [-0.25, -0.2) is 0 Å². The molecule has 0 saturated carbocycles. The molecule has 2 rings (SSSR count). The molecule has 102 valence electrons. The fraction of sp³-hybridized carbons (Fsp3) is 0.333. The Hall–Kier alpha value is -1.10. The minimum Gasteiger partial charge on any atom is -0.467 e. The van der Waals surface area contributed by atoms with Gasteiger partial charge in [-0.2, -0.15) is 0 Å². The largest absolute Gasteiger partial charge is 0.467 e. The molecule has 0 unspecified atom stereocenters. The van der Waals surface area contributed by atoms with Crippen molar-refractivity contribution in [1.29, 1.82) is 0 Å². The Labute approximate surface area is 121 Å². The zero-order chi connectivity index (χ0) is 13.7. The number of aliphatic hydroxyl groups is 1. The van der Waals surface area contributed by atoms with Gasteiger partial charge in [0, 0.05) is 17.1 Å². The third-order valence-electron chi connectivity index (χ3n) is 3.04.